The van der Waals surface area contributed by atoms with E-state index in [4.69, 9.17) is 9.15 Å². The second-order valence-electron chi connectivity index (χ2n) is 5.02. The zero-order valence-electron chi connectivity index (χ0n) is 11.2. The summed E-state index contributed by atoms with van der Waals surface area (Å²) in [6, 6.07) is 11.4. The van der Waals surface area contributed by atoms with Gasteiger partial charge in [-0.05, 0) is 29.8 Å². The fraction of sp³-hybridized carbons (Fsp3) is 0.118. The highest BCUT2D eigenvalue weighted by atomic mass is 19.1. The number of hydrogen-bond donors (Lipinski definition) is 0. The van der Waals surface area contributed by atoms with Crippen LogP contribution in [-0.4, -0.2) is 7.11 Å². The van der Waals surface area contributed by atoms with E-state index in [1.165, 1.54) is 19.2 Å². The van der Waals surface area contributed by atoms with Crippen LogP contribution in [0, 0.1) is 5.82 Å². The molecule has 3 nitrogen and oxygen atoms in total. The van der Waals surface area contributed by atoms with Crippen LogP contribution in [0.5, 0.6) is 0 Å². The van der Waals surface area contributed by atoms with Crippen molar-refractivity contribution in [3.8, 4) is 11.3 Å². The van der Waals surface area contributed by atoms with Gasteiger partial charge in [0, 0.05) is 12.7 Å². The van der Waals surface area contributed by atoms with E-state index in [-0.39, 0.29) is 11.2 Å². The van der Waals surface area contributed by atoms with Crippen LogP contribution < -0.4 is 5.43 Å². The normalized spacial score (nSPS) is 16.0. The first-order valence-electron chi connectivity index (χ1n) is 6.59. The molecule has 4 rings (SSSR count). The molecule has 0 fully saturated rings. The molecular formula is C17H11FO3. The minimum Gasteiger partial charge on any atom is -0.455 e. The second-order valence-corrected chi connectivity index (χ2v) is 5.02. The Balaban J connectivity index is 2.16. The number of fused-ring (bicyclic) bond motifs is 4. The van der Waals surface area contributed by atoms with E-state index >= 15 is 0 Å². The molecular weight excluding hydrogens is 271 g/mol. The molecule has 1 aliphatic rings. The topological polar surface area (TPSA) is 39.4 Å². The molecule has 0 bridgehead atoms. The minimum absolute atomic E-state index is 0.129. The molecule has 1 atom stereocenters. The van der Waals surface area contributed by atoms with Crippen LogP contribution in [0.25, 0.3) is 22.3 Å². The summed E-state index contributed by atoms with van der Waals surface area (Å²) < 4.78 is 24.8. The van der Waals surface area contributed by atoms with Crippen molar-refractivity contribution in [1.82, 2.24) is 0 Å². The number of rotatable bonds is 1. The van der Waals surface area contributed by atoms with Gasteiger partial charge in [0.05, 0.1) is 10.9 Å². The first kappa shape index (κ1) is 12.3. The molecule has 0 saturated heterocycles. The second kappa shape index (κ2) is 4.27. The molecule has 104 valence electrons. The summed E-state index contributed by atoms with van der Waals surface area (Å²) in [5, 5.41) is 0.506. The van der Waals surface area contributed by atoms with Crippen molar-refractivity contribution in [2.75, 3.05) is 7.11 Å². The predicted molar refractivity (Wildman–Crippen MR) is 76.7 cm³/mol. The van der Waals surface area contributed by atoms with Crippen molar-refractivity contribution in [2.24, 2.45) is 0 Å². The highest BCUT2D eigenvalue weighted by Crippen LogP contribution is 2.44. The van der Waals surface area contributed by atoms with E-state index in [1.54, 1.807) is 30.3 Å². The molecule has 0 N–H and O–H groups in total. The number of halogens is 1. The van der Waals surface area contributed by atoms with Crippen LogP contribution in [0.4, 0.5) is 4.39 Å². The third-order valence-electron chi connectivity index (χ3n) is 3.87. The third-order valence-corrected chi connectivity index (χ3v) is 3.87. The smallest absolute Gasteiger partial charge is 0.199 e. The molecule has 1 heterocycles. The Hall–Kier alpha value is -2.46. The fourth-order valence-electron chi connectivity index (χ4n) is 2.95. The van der Waals surface area contributed by atoms with Crippen LogP contribution in [0.3, 0.4) is 0 Å². The standard InChI is InChI=1S/C17H11FO3/c1-20-16-10-7-6-9(18)8-12(10)17-14(16)15(19)11-4-2-3-5-13(11)21-17/h2-8,16H,1H3. The molecule has 0 spiro atoms. The summed E-state index contributed by atoms with van der Waals surface area (Å²) >= 11 is 0. The van der Waals surface area contributed by atoms with E-state index in [9.17, 15) is 9.18 Å². The monoisotopic (exact) mass is 282 g/mol. The average molecular weight is 282 g/mol. The van der Waals surface area contributed by atoms with Gasteiger partial charge in [0.25, 0.3) is 0 Å². The van der Waals surface area contributed by atoms with Crippen LogP contribution in [-0.2, 0) is 4.74 Å². The molecule has 21 heavy (non-hydrogen) atoms. The van der Waals surface area contributed by atoms with Crippen LogP contribution in [0.2, 0.25) is 0 Å². The van der Waals surface area contributed by atoms with Crippen molar-refractivity contribution in [3.63, 3.8) is 0 Å². The summed E-state index contributed by atoms with van der Waals surface area (Å²) in [7, 11) is 1.53. The maximum Gasteiger partial charge on any atom is 0.199 e. The van der Waals surface area contributed by atoms with Gasteiger partial charge in [-0.25, -0.2) is 4.39 Å². The van der Waals surface area contributed by atoms with Gasteiger partial charge >= 0.3 is 0 Å². The lowest BCUT2D eigenvalue weighted by Crippen LogP contribution is -2.13. The SMILES string of the molecule is COC1c2ccc(F)cc2-c2oc3ccccc3c(=O)c21. The van der Waals surface area contributed by atoms with E-state index in [1.807, 2.05) is 0 Å². The Morgan fingerprint density at radius 3 is 2.81 bits per heavy atom. The largest absolute Gasteiger partial charge is 0.455 e. The van der Waals surface area contributed by atoms with Gasteiger partial charge in [-0.1, -0.05) is 18.2 Å². The molecule has 0 radical (unpaired) electrons. The van der Waals surface area contributed by atoms with E-state index in [0.29, 0.717) is 27.9 Å². The van der Waals surface area contributed by atoms with E-state index in [2.05, 4.69) is 0 Å². The van der Waals surface area contributed by atoms with Gasteiger partial charge in [-0.2, -0.15) is 0 Å². The molecule has 0 saturated carbocycles. The van der Waals surface area contributed by atoms with Gasteiger partial charge in [0.1, 0.15) is 23.3 Å². The fourth-order valence-corrected chi connectivity index (χ4v) is 2.95. The molecule has 3 aromatic rings. The van der Waals surface area contributed by atoms with Gasteiger partial charge in [-0.15, -0.1) is 0 Å². The number of hydrogen-bond acceptors (Lipinski definition) is 3. The van der Waals surface area contributed by atoms with E-state index in [0.717, 1.165) is 5.56 Å². The zero-order valence-corrected chi connectivity index (χ0v) is 11.2. The van der Waals surface area contributed by atoms with Crippen molar-refractivity contribution in [1.29, 1.82) is 0 Å². The first-order valence-corrected chi connectivity index (χ1v) is 6.59. The third kappa shape index (κ3) is 1.59. The zero-order chi connectivity index (χ0) is 14.6. The summed E-state index contributed by atoms with van der Waals surface area (Å²) in [4.78, 5) is 12.7. The quantitative estimate of drug-likeness (QED) is 0.684. The van der Waals surface area contributed by atoms with Gasteiger partial charge < -0.3 is 9.15 Å². The highest BCUT2D eigenvalue weighted by Gasteiger charge is 2.34. The van der Waals surface area contributed by atoms with Crippen LogP contribution in [0.1, 0.15) is 17.2 Å². The highest BCUT2D eigenvalue weighted by molar-refractivity contribution is 5.84. The molecule has 1 aromatic heterocycles. The Morgan fingerprint density at radius 1 is 1.19 bits per heavy atom. The van der Waals surface area contributed by atoms with Gasteiger partial charge in [0.2, 0.25) is 0 Å². The lowest BCUT2D eigenvalue weighted by Gasteiger charge is -2.10. The lowest BCUT2D eigenvalue weighted by molar-refractivity contribution is 0.138. The minimum atomic E-state index is -0.517. The number of methoxy groups -OCH3 is 1. The predicted octanol–water partition coefficient (Wildman–Crippen LogP) is 3.65. The Labute approximate surface area is 119 Å². The van der Waals surface area contributed by atoms with Crippen molar-refractivity contribution in [3.05, 3.63) is 69.6 Å². The Kier molecular flexibility index (Phi) is 2.50. The Bertz CT molecular complexity index is 927. The van der Waals surface area contributed by atoms with Crippen LogP contribution >= 0.6 is 0 Å². The molecule has 2 aromatic carbocycles. The average Bonchev–Trinajstić information content (AvgIpc) is 2.81. The van der Waals surface area contributed by atoms with Crippen LogP contribution in [0.15, 0.2) is 51.7 Å². The maximum absolute atomic E-state index is 13.5. The first-order chi connectivity index (χ1) is 10.2. The number of ether oxygens (including phenoxy) is 1. The molecule has 1 aliphatic carbocycles. The summed E-state index contributed by atoms with van der Waals surface area (Å²) in [5.41, 5.74) is 2.14. The van der Waals surface area contributed by atoms with Crippen molar-refractivity contribution >= 4 is 11.0 Å². The molecule has 4 heteroatoms. The van der Waals surface area contributed by atoms with Gasteiger partial charge in [0.15, 0.2) is 5.43 Å². The Morgan fingerprint density at radius 2 is 2.00 bits per heavy atom. The maximum atomic E-state index is 13.5. The van der Waals surface area contributed by atoms with E-state index < -0.39 is 6.10 Å². The number of benzene rings is 2. The lowest BCUT2D eigenvalue weighted by atomic mass is 10.1. The summed E-state index contributed by atoms with van der Waals surface area (Å²) in [6.07, 6.45) is -0.517. The molecule has 0 amide bonds. The molecule has 1 unspecified atom stereocenters. The molecule has 0 aliphatic heterocycles. The summed E-state index contributed by atoms with van der Waals surface area (Å²) in [6.45, 7) is 0. The van der Waals surface area contributed by atoms with Gasteiger partial charge in [-0.3, -0.25) is 4.79 Å². The number of para-hydroxylation sites is 1. The summed E-state index contributed by atoms with van der Waals surface area (Å²) in [5.74, 6) is 0.0345. The van der Waals surface area contributed by atoms with Crippen molar-refractivity contribution in [2.45, 2.75) is 6.10 Å². The van der Waals surface area contributed by atoms with Crippen molar-refractivity contribution < 1.29 is 13.5 Å².